The number of benzene rings is 1. The van der Waals surface area contributed by atoms with Crippen LogP contribution >= 0.6 is 0 Å². The van der Waals surface area contributed by atoms with Gasteiger partial charge in [-0.25, -0.2) is 0 Å². The number of aryl methyl sites for hydroxylation is 1. The monoisotopic (exact) mass is 234 g/mol. The van der Waals surface area contributed by atoms with Crippen LogP contribution in [0.4, 0.5) is 11.5 Å². The second-order valence-electron chi connectivity index (χ2n) is 3.53. The molecule has 3 N–H and O–H groups in total. The van der Waals surface area contributed by atoms with Crippen molar-refractivity contribution in [1.82, 2.24) is 9.78 Å². The van der Waals surface area contributed by atoms with E-state index >= 15 is 0 Å². The maximum Gasteiger partial charge on any atom is 0.270 e. The molecule has 0 aliphatic heterocycles. The Morgan fingerprint density at radius 1 is 1.47 bits per heavy atom. The highest BCUT2D eigenvalue weighted by atomic mass is 16.6. The summed E-state index contributed by atoms with van der Waals surface area (Å²) in [5.41, 5.74) is 6.40. The molecule has 2 aromatic rings. The van der Waals surface area contributed by atoms with Crippen LogP contribution < -0.4 is 5.73 Å². The second-order valence-corrected chi connectivity index (χ2v) is 3.53. The number of nitrogens with zero attached hydrogens (tertiary/aromatic N) is 3. The Hall–Kier alpha value is -2.57. The van der Waals surface area contributed by atoms with E-state index in [0.717, 1.165) is 0 Å². The molecule has 0 aliphatic carbocycles. The minimum Gasteiger partial charge on any atom is -0.507 e. The van der Waals surface area contributed by atoms with Crippen LogP contribution in [0.2, 0.25) is 0 Å². The van der Waals surface area contributed by atoms with Crippen LogP contribution in [0, 0.1) is 10.1 Å². The molecule has 2 rings (SSSR count). The maximum absolute atomic E-state index is 10.7. The Balaban J connectivity index is 2.62. The summed E-state index contributed by atoms with van der Waals surface area (Å²) in [4.78, 5) is 10.1. The van der Waals surface area contributed by atoms with E-state index in [1.165, 1.54) is 29.1 Å². The van der Waals surface area contributed by atoms with Crippen molar-refractivity contribution in [3.8, 4) is 16.9 Å². The number of nitrogen functional groups attached to an aromatic ring is 1. The fourth-order valence-corrected chi connectivity index (χ4v) is 1.51. The molecule has 7 nitrogen and oxygen atoms in total. The lowest BCUT2D eigenvalue weighted by atomic mass is 10.1. The molecule has 0 saturated carbocycles. The van der Waals surface area contributed by atoms with Gasteiger partial charge >= 0.3 is 0 Å². The van der Waals surface area contributed by atoms with Gasteiger partial charge in [0.05, 0.1) is 11.1 Å². The van der Waals surface area contributed by atoms with Crippen molar-refractivity contribution in [1.29, 1.82) is 0 Å². The van der Waals surface area contributed by atoms with Gasteiger partial charge in [0.1, 0.15) is 11.6 Å². The van der Waals surface area contributed by atoms with Crippen molar-refractivity contribution in [3.63, 3.8) is 0 Å². The Morgan fingerprint density at radius 3 is 2.71 bits per heavy atom. The minimum absolute atomic E-state index is 0.0738. The van der Waals surface area contributed by atoms with Crippen molar-refractivity contribution >= 4 is 11.5 Å². The van der Waals surface area contributed by atoms with E-state index < -0.39 is 4.92 Å². The van der Waals surface area contributed by atoms with Crippen LogP contribution in [0.1, 0.15) is 0 Å². The summed E-state index contributed by atoms with van der Waals surface area (Å²) >= 11 is 0. The highest BCUT2D eigenvalue weighted by Crippen LogP contribution is 2.35. The quantitative estimate of drug-likeness (QED) is 0.601. The van der Waals surface area contributed by atoms with Crippen LogP contribution in [-0.2, 0) is 7.05 Å². The first kappa shape index (κ1) is 10.9. The summed E-state index contributed by atoms with van der Waals surface area (Å²) in [6.07, 6.45) is 1.45. The van der Waals surface area contributed by atoms with Gasteiger partial charge in [-0.05, 0) is 6.07 Å². The van der Waals surface area contributed by atoms with Gasteiger partial charge in [0, 0.05) is 30.3 Å². The predicted molar refractivity (Wildman–Crippen MR) is 61.4 cm³/mol. The number of phenolic OH excluding ortho intramolecular Hbond substituents is 1. The SMILES string of the molecule is Cn1ncc(-c2cc([N+](=O)[O-])ccc2O)c1N. The van der Waals surface area contributed by atoms with Gasteiger partial charge in [-0.3, -0.25) is 14.8 Å². The average molecular weight is 234 g/mol. The van der Waals surface area contributed by atoms with Crippen LogP contribution in [-0.4, -0.2) is 19.8 Å². The smallest absolute Gasteiger partial charge is 0.270 e. The summed E-state index contributed by atoms with van der Waals surface area (Å²) in [6.45, 7) is 0. The maximum atomic E-state index is 10.7. The highest BCUT2D eigenvalue weighted by Gasteiger charge is 2.15. The van der Waals surface area contributed by atoms with Crippen LogP contribution in [0.25, 0.3) is 11.1 Å². The highest BCUT2D eigenvalue weighted by molar-refractivity contribution is 5.79. The van der Waals surface area contributed by atoms with Crippen molar-refractivity contribution in [3.05, 3.63) is 34.5 Å². The zero-order chi connectivity index (χ0) is 12.6. The van der Waals surface area contributed by atoms with Crippen molar-refractivity contribution in [2.24, 2.45) is 7.05 Å². The number of non-ortho nitro benzene ring substituents is 1. The molecule has 1 heterocycles. The Labute approximate surface area is 96.2 Å². The van der Waals surface area contributed by atoms with E-state index in [1.807, 2.05) is 0 Å². The first-order valence-corrected chi connectivity index (χ1v) is 4.76. The molecule has 0 unspecified atom stereocenters. The molecule has 0 radical (unpaired) electrons. The molecule has 0 spiro atoms. The Morgan fingerprint density at radius 2 is 2.18 bits per heavy atom. The van der Waals surface area contributed by atoms with Gasteiger partial charge in [0.15, 0.2) is 0 Å². The van der Waals surface area contributed by atoms with E-state index in [2.05, 4.69) is 5.10 Å². The van der Waals surface area contributed by atoms with Crippen molar-refractivity contribution in [2.45, 2.75) is 0 Å². The zero-order valence-electron chi connectivity index (χ0n) is 8.99. The van der Waals surface area contributed by atoms with Gasteiger partial charge < -0.3 is 10.8 Å². The number of nitro benzene ring substituents is 1. The predicted octanol–water partition coefficient (Wildman–Crippen LogP) is 1.28. The van der Waals surface area contributed by atoms with E-state index in [1.54, 1.807) is 7.05 Å². The molecular formula is C10H10N4O3. The average Bonchev–Trinajstić information content (AvgIpc) is 2.60. The molecule has 7 heteroatoms. The summed E-state index contributed by atoms with van der Waals surface area (Å²) < 4.78 is 1.42. The molecule has 17 heavy (non-hydrogen) atoms. The van der Waals surface area contributed by atoms with Gasteiger partial charge in [-0.2, -0.15) is 5.10 Å². The number of nitrogens with two attached hydrogens (primary N) is 1. The molecular weight excluding hydrogens is 224 g/mol. The molecule has 88 valence electrons. The van der Waals surface area contributed by atoms with E-state index in [-0.39, 0.29) is 11.4 Å². The Kier molecular flexibility index (Phi) is 2.43. The minimum atomic E-state index is -0.532. The first-order valence-electron chi connectivity index (χ1n) is 4.76. The molecule has 0 fully saturated rings. The number of anilines is 1. The second kappa shape index (κ2) is 3.78. The van der Waals surface area contributed by atoms with E-state index in [9.17, 15) is 15.2 Å². The van der Waals surface area contributed by atoms with Crippen LogP contribution in [0.15, 0.2) is 24.4 Å². The van der Waals surface area contributed by atoms with Gasteiger partial charge in [0.2, 0.25) is 0 Å². The van der Waals surface area contributed by atoms with E-state index in [4.69, 9.17) is 5.73 Å². The standard InChI is InChI=1S/C10H10N4O3/c1-13-10(11)8(5-12-13)7-4-6(14(16)17)2-3-9(7)15/h2-5,15H,11H2,1H3. The van der Waals surface area contributed by atoms with Gasteiger partial charge in [0.25, 0.3) is 5.69 Å². The van der Waals surface area contributed by atoms with Crippen molar-refractivity contribution < 1.29 is 10.0 Å². The zero-order valence-corrected chi connectivity index (χ0v) is 8.99. The number of hydrogen-bond donors (Lipinski definition) is 2. The third-order valence-electron chi connectivity index (χ3n) is 2.47. The van der Waals surface area contributed by atoms with Crippen LogP contribution in [0.3, 0.4) is 0 Å². The topological polar surface area (TPSA) is 107 Å². The summed E-state index contributed by atoms with van der Waals surface area (Å²) in [7, 11) is 1.65. The fourth-order valence-electron chi connectivity index (χ4n) is 1.51. The summed E-state index contributed by atoms with van der Waals surface area (Å²) in [5, 5.41) is 24.3. The van der Waals surface area contributed by atoms with Gasteiger partial charge in [-0.15, -0.1) is 0 Å². The number of aromatic hydroxyl groups is 1. The largest absolute Gasteiger partial charge is 0.507 e. The van der Waals surface area contributed by atoms with Crippen LogP contribution in [0.5, 0.6) is 5.75 Å². The lowest BCUT2D eigenvalue weighted by Crippen LogP contribution is -1.98. The molecule has 0 saturated heterocycles. The first-order chi connectivity index (χ1) is 8.00. The lowest BCUT2D eigenvalue weighted by molar-refractivity contribution is -0.384. The number of phenols is 1. The van der Waals surface area contributed by atoms with Crippen molar-refractivity contribution in [2.75, 3.05) is 5.73 Å². The number of aromatic nitrogens is 2. The lowest BCUT2D eigenvalue weighted by Gasteiger charge is -2.03. The van der Waals surface area contributed by atoms with Gasteiger partial charge in [-0.1, -0.05) is 0 Å². The Bertz CT molecular complexity index is 591. The number of nitro groups is 1. The fraction of sp³-hybridized carbons (Fsp3) is 0.100. The molecule has 0 bridgehead atoms. The molecule has 0 aliphatic rings. The number of rotatable bonds is 2. The molecule has 1 aromatic heterocycles. The third-order valence-corrected chi connectivity index (χ3v) is 2.47. The molecule has 1 aromatic carbocycles. The molecule has 0 amide bonds. The normalized spacial score (nSPS) is 10.4. The summed E-state index contributed by atoms with van der Waals surface area (Å²) in [5.74, 6) is 0.260. The molecule has 0 atom stereocenters. The number of hydrogen-bond acceptors (Lipinski definition) is 5. The van der Waals surface area contributed by atoms with E-state index in [0.29, 0.717) is 16.9 Å². The summed E-state index contributed by atoms with van der Waals surface area (Å²) in [6, 6.07) is 3.76. The third kappa shape index (κ3) is 1.78.